The lowest BCUT2D eigenvalue weighted by Gasteiger charge is -2.01. The van der Waals surface area contributed by atoms with Crippen LogP contribution in [0, 0.1) is 13.8 Å². The zero-order chi connectivity index (χ0) is 18.8. The summed E-state index contributed by atoms with van der Waals surface area (Å²) in [5.41, 5.74) is 2.42. The van der Waals surface area contributed by atoms with Gasteiger partial charge in [-0.15, -0.1) is 0 Å². The first-order valence-electron chi connectivity index (χ1n) is 8.42. The summed E-state index contributed by atoms with van der Waals surface area (Å²) in [5, 5.41) is 7.27. The Morgan fingerprint density at radius 3 is 2.52 bits per heavy atom. The standard InChI is InChI=1S/C19H17N3O4S/c1-11-13(12(2)26-22-11)7-8-16(23)20-19-21-17(14-5-3-9-24-14)18(27-19)15-6-4-10-25-15/h3-6,9-10H,7-8H2,1-2H3,(H,20,21,23). The maximum Gasteiger partial charge on any atom is 0.226 e. The number of aryl methyl sites for hydroxylation is 2. The number of thiazole rings is 1. The Labute approximate surface area is 159 Å². The lowest BCUT2D eigenvalue weighted by atomic mass is 10.1. The van der Waals surface area contributed by atoms with E-state index in [1.165, 1.54) is 11.3 Å². The monoisotopic (exact) mass is 383 g/mol. The highest BCUT2D eigenvalue weighted by molar-refractivity contribution is 7.19. The zero-order valence-electron chi connectivity index (χ0n) is 14.8. The lowest BCUT2D eigenvalue weighted by molar-refractivity contribution is -0.116. The topological polar surface area (TPSA) is 94.3 Å². The van der Waals surface area contributed by atoms with E-state index >= 15 is 0 Å². The van der Waals surface area contributed by atoms with Crippen LogP contribution in [0.3, 0.4) is 0 Å². The Morgan fingerprint density at radius 1 is 1.15 bits per heavy atom. The van der Waals surface area contributed by atoms with Gasteiger partial charge in [-0.25, -0.2) is 4.98 Å². The molecule has 0 aliphatic carbocycles. The fraction of sp³-hybridized carbons (Fsp3) is 0.211. The minimum atomic E-state index is -0.124. The van der Waals surface area contributed by atoms with Gasteiger partial charge in [0.2, 0.25) is 5.91 Å². The first-order valence-corrected chi connectivity index (χ1v) is 9.23. The van der Waals surface area contributed by atoms with E-state index in [2.05, 4.69) is 15.5 Å². The van der Waals surface area contributed by atoms with Crippen molar-refractivity contribution in [2.45, 2.75) is 26.7 Å². The minimum absolute atomic E-state index is 0.124. The second kappa shape index (κ2) is 7.24. The molecule has 4 rings (SSSR count). The van der Waals surface area contributed by atoms with E-state index in [0.717, 1.165) is 21.9 Å². The quantitative estimate of drug-likeness (QED) is 0.512. The van der Waals surface area contributed by atoms with E-state index < -0.39 is 0 Å². The number of amides is 1. The Kier molecular flexibility index (Phi) is 4.64. The van der Waals surface area contributed by atoms with Crippen LogP contribution >= 0.6 is 11.3 Å². The molecule has 0 saturated heterocycles. The number of nitrogens with zero attached hydrogens (tertiary/aromatic N) is 2. The van der Waals surface area contributed by atoms with E-state index in [9.17, 15) is 4.79 Å². The number of carbonyl (C=O) groups is 1. The van der Waals surface area contributed by atoms with Gasteiger partial charge < -0.3 is 18.7 Å². The molecule has 0 aromatic carbocycles. The summed E-state index contributed by atoms with van der Waals surface area (Å²) in [6.45, 7) is 3.72. The van der Waals surface area contributed by atoms with Gasteiger partial charge in [0.1, 0.15) is 22.1 Å². The van der Waals surface area contributed by atoms with Crippen molar-refractivity contribution in [3.63, 3.8) is 0 Å². The van der Waals surface area contributed by atoms with Crippen molar-refractivity contribution in [1.82, 2.24) is 10.1 Å². The molecule has 4 aromatic rings. The van der Waals surface area contributed by atoms with Crippen LogP contribution in [0.2, 0.25) is 0 Å². The van der Waals surface area contributed by atoms with Gasteiger partial charge >= 0.3 is 0 Å². The average molecular weight is 383 g/mol. The first kappa shape index (κ1) is 17.3. The van der Waals surface area contributed by atoms with Crippen molar-refractivity contribution in [2.75, 3.05) is 5.32 Å². The number of hydrogen-bond donors (Lipinski definition) is 1. The number of furan rings is 2. The SMILES string of the molecule is Cc1noc(C)c1CCC(=O)Nc1nc(-c2ccco2)c(-c2ccco2)s1. The van der Waals surface area contributed by atoms with Crippen molar-refractivity contribution in [3.05, 3.63) is 53.8 Å². The molecule has 0 bridgehead atoms. The van der Waals surface area contributed by atoms with Crippen LogP contribution in [0.25, 0.3) is 22.1 Å². The van der Waals surface area contributed by atoms with Crippen molar-refractivity contribution < 1.29 is 18.2 Å². The number of anilines is 1. The summed E-state index contributed by atoms with van der Waals surface area (Å²) >= 11 is 1.35. The molecule has 27 heavy (non-hydrogen) atoms. The molecule has 0 atom stereocenters. The largest absolute Gasteiger partial charge is 0.463 e. The molecular weight excluding hydrogens is 366 g/mol. The van der Waals surface area contributed by atoms with E-state index in [1.54, 1.807) is 18.6 Å². The van der Waals surface area contributed by atoms with E-state index in [1.807, 2.05) is 32.0 Å². The van der Waals surface area contributed by atoms with Crippen molar-refractivity contribution >= 4 is 22.4 Å². The van der Waals surface area contributed by atoms with Gasteiger partial charge in [0.25, 0.3) is 0 Å². The second-order valence-corrected chi connectivity index (χ2v) is 7.00. The van der Waals surface area contributed by atoms with E-state index in [-0.39, 0.29) is 5.91 Å². The fourth-order valence-corrected chi connectivity index (χ4v) is 3.76. The molecule has 4 aromatic heterocycles. The highest BCUT2D eigenvalue weighted by atomic mass is 32.1. The molecule has 0 saturated carbocycles. The van der Waals surface area contributed by atoms with Crippen LogP contribution < -0.4 is 5.32 Å². The molecule has 0 fully saturated rings. The lowest BCUT2D eigenvalue weighted by Crippen LogP contribution is -2.12. The highest BCUT2D eigenvalue weighted by Gasteiger charge is 2.20. The number of nitrogens with one attached hydrogen (secondary N) is 1. The van der Waals surface area contributed by atoms with Gasteiger partial charge in [-0.2, -0.15) is 0 Å². The van der Waals surface area contributed by atoms with Crippen molar-refractivity contribution in [1.29, 1.82) is 0 Å². The molecule has 1 N–H and O–H groups in total. The summed E-state index contributed by atoms with van der Waals surface area (Å²) < 4.78 is 16.1. The maximum atomic E-state index is 12.4. The Hall–Kier alpha value is -3.13. The minimum Gasteiger partial charge on any atom is -0.463 e. The molecule has 8 heteroatoms. The molecule has 0 radical (unpaired) electrons. The Balaban J connectivity index is 1.52. The normalized spacial score (nSPS) is 11.0. The van der Waals surface area contributed by atoms with Crippen LogP contribution in [-0.2, 0) is 11.2 Å². The number of carbonyl (C=O) groups excluding carboxylic acids is 1. The summed E-state index contributed by atoms with van der Waals surface area (Å²) in [6.07, 6.45) is 4.06. The summed E-state index contributed by atoms with van der Waals surface area (Å²) in [6, 6.07) is 7.28. The predicted molar refractivity (Wildman–Crippen MR) is 100 cm³/mol. The molecule has 4 heterocycles. The molecule has 7 nitrogen and oxygen atoms in total. The van der Waals surface area contributed by atoms with E-state index in [0.29, 0.717) is 35.2 Å². The maximum absolute atomic E-state index is 12.4. The number of hydrogen-bond acceptors (Lipinski definition) is 7. The summed E-state index contributed by atoms with van der Waals surface area (Å²) in [4.78, 5) is 17.7. The van der Waals surface area contributed by atoms with Gasteiger partial charge in [0.05, 0.1) is 18.2 Å². The number of rotatable bonds is 6. The first-order chi connectivity index (χ1) is 13.1. The van der Waals surface area contributed by atoms with Crippen LogP contribution in [0.1, 0.15) is 23.4 Å². The Morgan fingerprint density at radius 2 is 1.89 bits per heavy atom. The molecule has 0 spiro atoms. The predicted octanol–water partition coefficient (Wildman–Crippen LogP) is 4.84. The van der Waals surface area contributed by atoms with Crippen LogP contribution in [0.5, 0.6) is 0 Å². The molecule has 0 aliphatic rings. The molecule has 0 aliphatic heterocycles. The third-order valence-corrected chi connectivity index (χ3v) is 5.14. The van der Waals surface area contributed by atoms with Gasteiger partial charge in [0, 0.05) is 12.0 Å². The van der Waals surface area contributed by atoms with Crippen LogP contribution in [-0.4, -0.2) is 16.0 Å². The van der Waals surface area contributed by atoms with Crippen LogP contribution in [0.15, 0.2) is 50.1 Å². The van der Waals surface area contributed by atoms with Crippen LogP contribution in [0.4, 0.5) is 5.13 Å². The zero-order valence-corrected chi connectivity index (χ0v) is 15.6. The summed E-state index contributed by atoms with van der Waals surface area (Å²) in [7, 11) is 0. The summed E-state index contributed by atoms with van der Waals surface area (Å²) in [5.74, 6) is 1.92. The molecule has 0 unspecified atom stereocenters. The third kappa shape index (κ3) is 3.56. The van der Waals surface area contributed by atoms with Gasteiger partial charge in [0.15, 0.2) is 10.9 Å². The molecule has 1 amide bonds. The highest BCUT2D eigenvalue weighted by Crippen LogP contribution is 2.39. The molecular formula is C19H17N3O4S. The van der Waals surface area contributed by atoms with E-state index in [4.69, 9.17) is 13.4 Å². The number of aromatic nitrogens is 2. The third-order valence-electron chi connectivity index (χ3n) is 4.16. The second-order valence-electron chi connectivity index (χ2n) is 6.00. The van der Waals surface area contributed by atoms with Gasteiger partial charge in [-0.3, -0.25) is 4.79 Å². The van der Waals surface area contributed by atoms with Crippen molar-refractivity contribution in [2.24, 2.45) is 0 Å². The van der Waals surface area contributed by atoms with Gasteiger partial charge in [-0.1, -0.05) is 16.5 Å². The molecule has 138 valence electrons. The smallest absolute Gasteiger partial charge is 0.226 e. The van der Waals surface area contributed by atoms with Crippen molar-refractivity contribution in [3.8, 4) is 22.1 Å². The average Bonchev–Trinajstić information content (AvgIpc) is 3.42. The van der Waals surface area contributed by atoms with Gasteiger partial charge in [-0.05, 0) is 44.5 Å². The fourth-order valence-electron chi connectivity index (χ4n) is 2.81. The Bertz CT molecular complexity index is 974.